The van der Waals surface area contributed by atoms with Gasteiger partial charge in [-0.1, -0.05) is 42.5 Å². The SMILES string of the molecule is CCn1c(C)nc2cc(C(=O)NNC(=O)Cc3cccc4ccccc34)ccc21. The van der Waals surface area contributed by atoms with Gasteiger partial charge in [0, 0.05) is 12.1 Å². The van der Waals surface area contributed by atoms with Crippen LogP contribution in [0.1, 0.15) is 28.7 Å². The summed E-state index contributed by atoms with van der Waals surface area (Å²) < 4.78 is 2.09. The lowest BCUT2D eigenvalue weighted by Crippen LogP contribution is -2.42. The first-order valence-corrected chi connectivity index (χ1v) is 9.59. The molecule has 6 heteroatoms. The maximum Gasteiger partial charge on any atom is 0.269 e. The van der Waals surface area contributed by atoms with E-state index in [0.717, 1.165) is 39.7 Å². The third-order valence-electron chi connectivity index (χ3n) is 5.06. The number of hydrazine groups is 1. The third kappa shape index (κ3) is 3.69. The number of aryl methyl sites for hydroxylation is 2. The molecule has 3 aromatic carbocycles. The molecule has 0 bridgehead atoms. The van der Waals surface area contributed by atoms with Gasteiger partial charge in [-0.25, -0.2) is 4.98 Å². The average molecular weight is 386 g/mol. The van der Waals surface area contributed by atoms with Crippen molar-refractivity contribution in [2.75, 3.05) is 0 Å². The molecule has 2 N–H and O–H groups in total. The first-order valence-electron chi connectivity index (χ1n) is 9.59. The summed E-state index contributed by atoms with van der Waals surface area (Å²) in [5.41, 5.74) is 8.11. The summed E-state index contributed by atoms with van der Waals surface area (Å²) in [6.07, 6.45) is 0.181. The molecule has 4 aromatic rings. The van der Waals surface area contributed by atoms with Crippen LogP contribution < -0.4 is 10.9 Å². The lowest BCUT2D eigenvalue weighted by Gasteiger charge is -2.09. The van der Waals surface area contributed by atoms with Gasteiger partial charge in [0.2, 0.25) is 5.91 Å². The van der Waals surface area contributed by atoms with E-state index in [2.05, 4.69) is 27.3 Å². The smallest absolute Gasteiger partial charge is 0.269 e. The van der Waals surface area contributed by atoms with E-state index < -0.39 is 0 Å². The lowest BCUT2D eigenvalue weighted by molar-refractivity contribution is -0.121. The van der Waals surface area contributed by atoms with Crippen LogP contribution in [0.5, 0.6) is 0 Å². The Morgan fingerprint density at radius 2 is 1.79 bits per heavy atom. The van der Waals surface area contributed by atoms with Crippen LogP contribution in [0.2, 0.25) is 0 Å². The van der Waals surface area contributed by atoms with Gasteiger partial charge in [0.15, 0.2) is 0 Å². The zero-order chi connectivity index (χ0) is 20.4. The molecule has 6 nitrogen and oxygen atoms in total. The van der Waals surface area contributed by atoms with Crippen molar-refractivity contribution in [3.05, 3.63) is 77.6 Å². The van der Waals surface area contributed by atoms with Crippen molar-refractivity contribution in [2.24, 2.45) is 0 Å². The van der Waals surface area contributed by atoms with E-state index in [9.17, 15) is 9.59 Å². The minimum atomic E-state index is -0.373. The summed E-state index contributed by atoms with van der Waals surface area (Å²) in [6, 6.07) is 19.1. The fourth-order valence-electron chi connectivity index (χ4n) is 3.65. The molecular weight excluding hydrogens is 364 g/mol. The molecule has 0 fully saturated rings. The van der Waals surface area contributed by atoms with E-state index in [0.29, 0.717) is 5.56 Å². The summed E-state index contributed by atoms with van der Waals surface area (Å²) in [4.78, 5) is 29.3. The molecule has 2 amide bonds. The van der Waals surface area contributed by atoms with Gasteiger partial charge >= 0.3 is 0 Å². The highest BCUT2D eigenvalue weighted by Crippen LogP contribution is 2.19. The second kappa shape index (κ2) is 7.75. The maximum atomic E-state index is 12.5. The number of aromatic nitrogens is 2. The zero-order valence-corrected chi connectivity index (χ0v) is 16.4. The maximum absolute atomic E-state index is 12.5. The van der Waals surface area contributed by atoms with Crippen molar-refractivity contribution >= 4 is 33.6 Å². The first kappa shape index (κ1) is 18.7. The number of hydrogen-bond acceptors (Lipinski definition) is 3. The number of fused-ring (bicyclic) bond motifs is 2. The number of amides is 2. The number of carbonyl (C=O) groups excluding carboxylic acids is 2. The van der Waals surface area contributed by atoms with E-state index in [1.54, 1.807) is 12.1 Å². The van der Waals surface area contributed by atoms with Gasteiger partial charge in [-0.05, 0) is 48.4 Å². The number of benzene rings is 3. The van der Waals surface area contributed by atoms with Crippen molar-refractivity contribution in [3.63, 3.8) is 0 Å². The Labute approximate surface area is 168 Å². The average Bonchev–Trinajstić information content (AvgIpc) is 3.06. The highest BCUT2D eigenvalue weighted by atomic mass is 16.2. The third-order valence-corrected chi connectivity index (χ3v) is 5.06. The molecule has 0 aliphatic heterocycles. The summed E-state index contributed by atoms with van der Waals surface area (Å²) >= 11 is 0. The van der Waals surface area contributed by atoms with E-state index in [1.165, 1.54) is 0 Å². The molecule has 0 radical (unpaired) electrons. The number of imidazole rings is 1. The van der Waals surface area contributed by atoms with Gasteiger partial charge in [0.05, 0.1) is 17.5 Å². The van der Waals surface area contributed by atoms with Crippen molar-refractivity contribution in [1.29, 1.82) is 0 Å². The van der Waals surface area contributed by atoms with Crippen LogP contribution in [0.3, 0.4) is 0 Å². The van der Waals surface area contributed by atoms with Crippen molar-refractivity contribution in [3.8, 4) is 0 Å². The van der Waals surface area contributed by atoms with E-state index in [1.807, 2.05) is 55.5 Å². The van der Waals surface area contributed by atoms with Crippen LogP contribution in [0.15, 0.2) is 60.7 Å². The predicted molar refractivity (Wildman–Crippen MR) is 113 cm³/mol. The van der Waals surface area contributed by atoms with Gasteiger partial charge in [0.1, 0.15) is 5.82 Å². The lowest BCUT2D eigenvalue weighted by atomic mass is 10.0. The largest absolute Gasteiger partial charge is 0.329 e. The molecule has 4 rings (SSSR count). The van der Waals surface area contributed by atoms with Crippen molar-refractivity contribution < 1.29 is 9.59 Å². The first-order chi connectivity index (χ1) is 14.1. The molecule has 1 heterocycles. The van der Waals surface area contributed by atoms with Gasteiger partial charge < -0.3 is 4.57 Å². The van der Waals surface area contributed by atoms with Crippen LogP contribution in [-0.2, 0) is 17.8 Å². The number of carbonyl (C=O) groups is 2. The van der Waals surface area contributed by atoms with Crippen LogP contribution in [-0.4, -0.2) is 21.4 Å². The van der Waals surface area contributed by atoms with Crippen LogP contribution >= 0.6 is 0 Å². The molecular formula is C23H22N4O2. The topological polar surface area (TPSA) is 76.0 Å². The molecule has 0 aliphatic carbocycles. The standard InChI is InChI=1S/C23H22N4O2/c1-3-27-15(2)24-20-13-18(11-12-21(20)27)23(29)26-25-22(28)14-17-9-6-8-16-7-4-5-10-19(16)17/h4-13H,3,14H2,1-2H3,(H,25,28)(H,26,29). The molecule has 29 heavy (non-hydrogen) atoms. The fraction of sp³-hybridized carbons (Fsp3) is 0.174. The number of rotatable bonds is 4. The molecule has 146 valence electrons. The quantitative estimate of drug-likeness (QED) is 0.527. The predicted octanol–water partition coefficient (Wildman–Crippen LogP) is 3.52. The van der Waals surface area contributed by atoms with Gasteiger partial charge in [-0.15, -0.1) is 0 Å². The highest BCUT2D eigenvalue weighted by Gasteiger charge is 2.12. The molecule has 0 spiro atoms. The Morgan fingerprint density at radius 1 is 1.00 bits per heavy atom. The Kier molecular flexibility index (Phi) is 4.99. The molecule has 0 unspecified atom stereocenters. The number of hydrogen-bond donors (Lipinski definition) is 2. The summed E-state index contributed by atoms with van der Waals surface area (Å²) in [5, 5.41) is 2.11. The van der Waals surface area contributed by atoms with Crippen LogP contribution in [0.4, 0.5) is 0 Å². The minimum Gasteiger partial charge on any atom is -0.329 e. The molecule has 0 atom stereocenters. The highest BCUT2D eigenvalue weighted by molar-refractivity contribution is 5.98. The monoisotopic (exact) mass is 386 g/mol. The van der Waals surface area contributed by atoms with Gasteiger partial charge in [0.25, 0.3) is 5.91 Å². The van der Waals surface area contributed by atoms with Crippen LogP contribution in [0.25, 0.3) is 21.8 Å². The fourth-order valence-corrected chi connectivity index (χ4v) is 3.65. The normalized spacial score (nSPS) is 11.0. The van der Waals surface area contributed by atoms with Crippen molar-refractivity contribution in [2.45, 2.75) is 26.8 Å². The Bertz CT molecular complexity index is 1220. The minimum absolute atomic E-state index is 0.181. The van der Waals surface area contributed by atoms with E-state index in [-0.39, 0.29) is 18.2 Å². The molecule has 1 aromatic heterocycles. The Morgan fingerprint density at radius 3 is 2.62 bits per heavy atom. The molecule has 0 saturated heterocycles. The molecule has 0 saturated carbocycles. The second-order valence-electron chi connectivity index (χ2n) is 6.92. The number of nitrogens with one attached hydrogen (secondary N) is 2. The Hall–Kier alpha value is -3.67. The van der Waals surface area contributed by atoms with Gasteiger partial charge in [-0.3, -0.25) is 20.4 Å². The molecule has 0 aliphatic rings. The summed E-state index contributed by atoms with van der Waals surface area (Å²) in [5.74, 6) is 0.257. The van der Waals surface area contributed by atoms with Crippen LogP contribution in [0, 0.1) is 6.92 Å². The zero-order valence-electron chi connectivity index (χ0n) is 16.4. The summed E-state index contributed by atoms with van der Waals surface area (Å²) in [7, 11) is 0. The number of nitrogens with zero attached hydrogens (tertiary/aromatic N) is 2. The summed E-state index contributed by atoms with van der Waals surface area (Å²) in [6.45, 7) is 4.81. The second-order valence-corrected chi connectivity index (χ2v) is 6.92. The van der Waals surface area contributed by atoms with E-state index >= 15 is 0 Å². The van der Waals surface area contributed by atoms with Gasteiger partial charge in [-0.2, -0.15) is 0 Å². The van der Waals surface area contributed by atoms with E-state index in [4.69, 9.17) is 0 Å². The van der Waals surface area contributed by atoms with Crippen molar-refractivity contribution in [1.82, 2.24) is 20.4 Å². The Balaban J connectivity index is 1.44.